The molecule has 0 heterocycles. The molecule has 0 amide bonds. The predicted octanol–water partition coefficient (Wildman–Crippen LogP) is 1.02. The van der Waals surface area contributed by atoms with E-state index in [4.69, 9.17) is 5.73 Å². The summed E-state index contributed by atoms with van der Waals surface area (Å²) in [6.07, 6.45) is 0. The van der Waals surface area contributed by atoms with Gasteiger partial charge in [0.05, 0.1) is 6.54 Å². The van der Waals surface area contributed by atoms with Gasteiger partial charge in [0, 0.05) is 5.69 Å². The maximum Gasteiger partial charge on any atom is 0.244 e. The van der Waals surface area contributed by atoms with Gasteiger partial charge < -0.3 is 5.73 Å². The van der Waals surface area contributed by atoms with Crippen molar-refractivity contribution in [1.29, 1.82) is 0 Å². The number of hydrogen-bond donors (Lipinski definition) is 2. The Hall–Kier alpha value is -1.58. The van der Waals surface area contributed by atoms with E-state index < -0.39 is 20.7 Å². The number of sulfonamides is 1. The van der Waals surface area contributed by atoms with Crippen LogP contribution in [0.4, 0.5) is 10.1 Å². The minimum absolute atomic E-state index is 0.0634. The zero-order valence-corrected chi connectivity index (χ0v) is 10.4. The monoisotopic (exact) mass is 256 g/mol. The molecule has 17 heavy (non-hydrogen) atoms. The molecule has 0 aliphatic carbocycles. The van der Waals surface area contributed by atoms with Crippen molar-refractivity contribution in [3.63, 3.8) is 0 Å². The van der Waals surface area contributed by atoms with Crippen molar-refractivity contribution < 1.29 is 12.8 Å². The Morgan fingerprint density at radius 1 is 1.47 bits per heavy atom. The molecule has 0 radical (unpaired) electrons. The molecule has 0 saturated heterocycles. The maximum atomic E-state index is 13.5. The number of halogens is 1. The molecule has 0 unspecified atom stereocenters. The second-order valence-corrected chi connectivity index (χ2v) is 5.13. The third-order valence-electron chi connectivity index (χ3n) is 2.14. The molecule has 0 spiro atoms. The van der Waals surface area contributed by atoms with Crippen molar-refractivity contribution in [1.82, 2.24) is 4.72 Å². The first kappa shape index (κ1) is 13.5. The summed E-state index contributed by atoms with van der Waals surface area (Å²) in [5, 5.41) is 0. The summed E-state index contributed by atoms with van der Waals surface area (Å²) in [5.41, 5.74) is 6.28. The van der Waals surface area contributed by atoms with Gasteiger partial charge in [-0.25, -0.2) is 12.8 Å². The quantitative estimate of drug-likeness (QED) is 0.626. The number of rotatable bonds is 3. The number of anilines is 1. The number of benzene rings is 1. The average molecular weight is 256 g/mol. The van der Waals surface area contributed by atoms with E-state index in [0.29, 0.717) is 5.56 Å². The summed E-state index contributed by atoms with van der Waals surface area (Å²) < 4.78 is 39.1. The first-order chi connectivity index (χ1) is 7.88. The van der Waals surface area contributed by atoms with Crippen LogP contribution >= 0.6 is 0 Å². The first-order valence-corrected chi connectivity index (χ1v) is 6.31. The zero-order valence-electron chi connectivity index (χ0n) is 9.54. The van der Waals surface area contributed by atoms with Crippen molar-refractivity contribution in [2.45, 2.75) is 18.7 Å². The van der Waals surface area contributed by atoms with Crippen molar-refractivity contribution in [2.24, 2.45) is 0 Å². The zero-order chi connectivity index (χ0) is 13.1. The van der Waals surface area contributed by atoms with E-state index in [1.807, 2.05) is 0 Å². The van der Waals surface area contributed by atoms with Gasteiger partial charge in [-0.1, -0.05) is 5.92 Å². The lowest BCUT2D eigenvalue weighted by molar-refractivity contribution is 0.560. The van der Waals surface area contributed by atoms with Crippen LogP contribution in [0.5, 0.6) is 0 Å². The highest BCUT2D eigenvalue weighted by molar-refractivity contribution is 7.89. The van der Waals surface area contributed by atoms with Crippen molar-refractivity contribution in [2.75, 3.05) is 12.3 Å². The number of aryl methyl sites for hydroxylation is 1. The summed E-state index contributed by atoms with van der Waals surface area (Å²) in [4.78, 5) is -0.460. The Morgan fingerprint density at radius 3 is 2.71 bits per heavy atom. The molecule has 0 bridgehead atoms. The minimum atomic E-state index is -3.91. The lowest BCUT2D eigenvalue weighted by atomic mass is 10.2. The van der Waals surface area contributed by atoms with Gasteiger partial charge in [-0.15, -0.1) is 5.92 Å². The van der Waals surface area contributed by atoms with Crippen LogP contribution in [0, 0.1) is 24.6 Å². The van der Waals surface area contributed by atoms with Gasteiger partial charge >= 0.3 is 0 Å². The number of nitrogens with one attached hydrogen (secondary N) is 1. The predicted molar refractivity (Wildman–Crippen MR) is 64.2 cm³/mol. The van der Waals surface area contributed by atoms with Gasteiger partial charge in [0.25, 0.3) is 0 Å². The maximum absolute atomic E-state index is 13.5. The fourth-order valence-electron chi connectivity index (χ4n) is 1.17. The summed E-state index contributed by atoms with van der Waals surface area (Å²) in [6, 6.07) is 2.20. The van der Waals surface area contributed by atoms with E-state index in [1.165, 1.54) is 0 Å². The lowest BCUT2D eigenvalue weighted by Gasteiger charge is -2.08. The molecule has 92 valence electrons. The fraction of sp³-hybridized carbons (Fsp3) is 0.273. The molecule has 3 N–H and O–H groups in total. The van der Waals surface area contributed by atoms with Crippen LogP contribution in [0.1, 0.15) is 12.5 Å². The molecule has 0 aromatic heterocycles. The summed E-state index contributed by atoms with van der Waals surface area (Å²) in [6.45, 7) is 3.12. The van der Waals surface area contributed by atoms with Crippen LogP contribution < -0.4 is 10.5 Å². The Morgan fingerprint density at radius 2 is 2.12 bits per heavy atom. The summed E-state index contributed by atoms with van der Waals surface area (Å²) in [7, 11) is -3.91. The Kier molecular flexibility index (Phi) is 4.10. The third-order valence-corrected chi connectivity index (χ3v) is 3.55. The Balaban J connectivity index is 3.14. The highest BCUT2D eigenvalue weighted by Crippen LogP contribution is 2.20. The molecular formula is C11H13FN2O2S. The standard InChI is InChI=1S/C11H13FN2O2S/c1-3-4-5-14-17(15,16)11-7-10(13)8(2)6-9(11)12/h6-7,14H,5,13H2,1-2H3. The molecule has 0 atom stereocenters. The molecule has 1 aromatic rings. The largest absolute Gasteiger partial charge is 0.398 e. The van der Waals surface area contributed by atoms with Crippen LogP contribution in [-0.2, 0) is 10.0 Å². The van der Waals surface area contributed by atoms with E-state index in [2.05, 4.69) is 16.6 Å². The van der Waals surface area contributed by atoms with E-state index in [1.54, 1.807) is 13.8 Å². The van der Waals surface area contributed by atoms with Crippen LogP contribution in [0.2, 0.25) is 0 Å². The highest BCUT2D eigenvalue weighted by Gasteiger charge is 2.19. The topological polar surface area (TPSA) is 72.2 Å². The SMILES string of the molecule is CC#CCNS(=O)(=O)c1cc(N)c(C)cc1F. The normalized spacial score (nSPS) is 10.8. The van der Waals surface area contributed by atoms with E-state index >= 15 is 0 Å². The van der Waals surface area contributed by atoms with Gasteiger partial charge in [-0.2, -0.15) is 4.72 Å². The van der Waals surface area contributed by atoms with Crippen molar-refractivity contribution >= 4 is 15.7 Å². The number of nitrogen functional groups attached to an aromatic ring is 1. The Bertz CT molecular complexity index is 585. The van der Waals surface area contributed by atoms with Crippen LogP contribution in [0.15, 0.2) is 17.0 Å². The molecule has 0 saturated carbocycles. The lowest BCUT2D eigenvalue weighted by Crippen LogP contribution is -2.25. The molecule has 1 rings (SSSR count). The molecule has 4 nitrogen and oxygen atoms in total. The molecular weight excluding hydrogens is 243 g/mol. The molecule has 0 fully saturated rings. The second-order valence-electron chi connectivity index (χ2n) is 3.39. The van der Waals surface area contributed by atoms with E-state index in [-0.39, 0.29) is 12.2 Å². The number of nitrogens with two attached hydrogens (primary N) is 1. The van der Waals surface area contributed by atoms with E-state index in [9.17, 15) is 12.8 Å². The van der Waals surface area contributed by atoms with Gasteiger partial charge in [-0.3, -0.25) is 0 Å². The summed E-state index contributed by atoms with van der Waals surface area (Å²) in [5.74, 6) is 4.23. The first-order valence-electron chi connectivity index (χ1n) is 4.83. The van der Waals surface area contributed by atoms with Crippen LogP contribution in [-0.4, -0.2) is 15.0 Å². The van der Waals surface area contributed by atoms with Crippen molar-refractivity contribution in [3.8, 4) is 11.8 Å². The summed E-state index contributed by atoms with van der Waals surface area (Å²) >= 11 is 0. The second kappa shape index (κ2) is 5.17. The highest BCUT2D eigenvalue weighted by atomic mass is 32.2. The van der Waals surface area contributed by atoms with Gasteiger partial charge in [0.2, 0.25) is 10.0 Å². The smallest absolute Gasteiger partial charge is 0.244 e. The van der Waals surface area contributed by atoms with Gasteiger partial charge in [0.15, 0.2) is 0 Å². The number of hydrogen-bond acceptors (Lipinski definition) is 3. The van der Waals surface area contributed by atoms with E-state index in [0.717, 1.165) is 12.1 Å². The molecule has 0 aliphatic heterocycles. The minimum Gasteiger partial charge on any atom is -0.398 e. The molecule has 1 aromatic carbocycles. The molecule has 0 aliphatic rings. The fourth-order valence-corrected chi connectivity index (χ4v) is 2.19. The van der Waals surface area contributed by atoms with Gasteiger partial charge in [-0.05, 0) is 31.5 Å². The van der Waals surface area contributed by atoms with Gasteiger partial charge in [0.1, 0.15) is 10.7 Å². The van der Waals surface area contributed by atoms with Crippen LogP contribution in [0.3, 0.4) is 0 Å². The van der Waals surface area contributed by atoms with Crippen molar-refractivity contribution in [3.05, 3.63) is 23.5 Å². The van der Waals surface area contributed by atoms with Crippen LogP contribution in [0.25, 0.3) is 0 Å². The Labute approximate surface area is 100 Å². The average Bonchev–Trinajstić information content (AvgIpc) is 2.23. The molecule has 6 heteroatoms. The third kappa shape index (κ3) is 3.19.